The Morgan fingerprint density at radius 3 is 2.42 bits per heavy atom. The van der Waals surface area contributed by atoms with Gasteiger partial charge in [0.1, 0.15) is 18.1 Å². The number of rotatable bonds is 11. The fourth-order valence-electron chi connectivity index (χ4n) is 2.96. The van der Waals surface area contributed by atoms with Crippen LogP contribution in [0, 0.1) is 21.4 Å². The van der Waals surface area contributed by atoms with E-state index in [1.165, 1.54) is 18.3 Å². The number of nitriles is 1. The molecule has 6 N–H and O–H groups in total. The first kappa shape index (κ1) is 25.5. The quantitative estimate of drug-likeness (QED) is 0.140. The molecular weight excluding hydrogens is 470 g/mol. The number of carbonyl (C=O) groups is 2. The molecule has 0 saturated heterocycles. The van der Waals surface area contributed by atoms with Crippen molar-refractivity contribution in [3.05, 3.63) is 70.0 Å². The van der Waals surface area contributed by atoms with Crippen LogP contribution in [0.4, 0.5) is 17.5 Å². The molecule has 0 bridgehead atoms. The van der Waals surface area contributed by atoms with Crippen LogP contribution in [-0.2, 0) is 4.79 Å². The largest absolute Gasteiger partial charge is 0.394 e. The first-order valence-electron chi connectivity index (χ1n) is 10.5. The number of aliphatic hydroxyl groups is 1. The Kier molecular flexibility index (Phi) is 8.35. The molecule has 0 spiro atoms. The van der Waals surface area contributed by atoms with Gasteiger partial charge in [-0.15, -0.1) is 0 Å². The number of nitro groups is 1. The summed E-state index contributed by atoms with van der Waals surface area (Å²) in [7, 11) is 0. The summed E-state index contributed by atoms with van der Waals surface area (Å²) in [5.41, 5.74) is 6.24. The number of hydrogen-bond donors (Lipinski definition) is 5. The summed E-state index contributed by atoms with van der Waals surface area (Å²) in [5.74, 6) is -0.982. The lowest BCUT2D eigenvalue weighted by molar-refractivity contribution is -0.385. The zero-order valence-corrected chi connectivity index (χ0v) is 18.7. The van der Waals surface area contributed by atoms with Crippen molar-refractivity contribution >= 4 is 29.3 Å². The van der Waals surface area contributed by atoms with Crippen molar-refractivity contribution in [2.45, 2.75) is 6.04 Å². The topological polar surface area (TPSA) is 222 Å². The Hall–Kier alpha value is -5.16. The molecule has 2 amide bonds. The number of primary amides is 1. The maximum absolute atomic E-state index is 12.8. The van der Waals surface area contributed by atoms with Crippen molar-refractivity contribution in [3.63, 3.8) is 0 Å². The third-order valence-corrected chi connectivity index (χ3v) is 4.83. The average molecular weight is 491 g/mol. The molecular formula is C22H21N9O5. The summed E-state index contributed by atoms with van der Waals surface area (Å²) in [4.78, 5) is 46.9. The van der Waals surface area contributed by atoms with E-state index in [0.29, 0.717) is 30.0 Å². The van der Waals surface area contributed by atoms with Crippen molar-refractivity contribution in [2.24, 2.45) is 5.73 Å². The van der Waals surface area contributed by atoms with Gasteiger partial charge in [-0.05, 0) is 18.2 Å². The number of pyridine rings is 1. The molecule has 0 aliphatic rings. The average Bonchev–Trinajstić information content (AvgIpc) is 2.89. The fraction of sp³-hybridized carbons (Fsp3) is 0.182. The van der Waals surface area contributed by atoms with Gasteiger partial charge in [0, 0.05) is 30.9 Å². The van der Waals surface area contributed by atoms with Crippen LogP contribution in [0.3, 0.4) is 0 Å². The van der Waals surface area contributed by atoms with Crippen LogP contribution in [0.1, 0.15) is 15.9 Å². The molecule has 14 heteroatoms. The van der Waals surface area contributed by atoms with Gasteiger partial charge in [0.05, 0.1) is 34.4 Å². The molecule has 0 aliphatic carbocycles. The van der Waals surface area contributed by atoms with Crippen LogP contribution in [0.15, 0.2) is 48.8 Å². The van der Waals surface area contributed by atoms with E-state index in [1.807, 2.05) is 6.07 Å². The van der Waals surface area contributed by atoms with Crippen LogP contribution in [0.2, 0.25) is 0 Å². The predicted octanol–water partition coefficient (Wildman–Crippen LogP) is 0.418. The molecule has 14 nitrogen and oxygen atoms in total. The van der Waals surface area contributed by atoms with E-state index in [2.05, 4.69) is 30.9 Å². The number of aromatic nitrogens is 3. The minimum Gasteiger partial charge on any atom is -0.394 e. The number of hydrogen-bond acceptors (Lipinski definition) is 11. The fourth-order valence-corrected chi connectivity index (χ4v) is 2.96. The van der Waals surface area contributed by atoms with Gasteiger partial charge >= 0.3 is 0 Å². The first-order chi connectivity index (χ1) is 17.3. The number of nitrogens with one attached hydrogen (secondary N) is 3. The monoisotopic (exact) mass is 491 g/mol. The Labute approximate surface area is 204 Å². The van der Waals surface area contributed by atoms with E-state index in [9.17, 15) is 24.8 Å². The second-order valence-electron chi connectivity index (χ2n) is 7.27. The van der Waals surface area contributed by atoms with Gasteiger partial charge in [0.25, 0.3) is 11.6 Å². The molecule has 0 saturated carbocycles. The number of aliphatic hydroxyl groups excluding tert-OH is 1. The van der Waals surface area contributed by atoms with E-state index in [4.69, 9.17) is 11.0 Å². The highest BCUT2D eigenvalue weighted by molar-refractivity contribution is 6.01. The van der Waals surface area contributed by atoms with E-state index < -0.39 is 29.4 Å². The van der Waals surface area contributed by atoms with E-state index in [0.717, 1.165) is 6.20 Å². The molecule has 2 aromatic heterocycles. The van der Waals surface area contributed by atoms with Crippen LogP contribution < -0.4 is 21.7 Å². The lowest BCUT2D eigenvalue weighted by Crippen LogP contribution is -2.47. The summed E-state index contributed by atoms with van der Waals surface area (Å²) in [5, 5.41) is 37.4. The highest BCUT2D eigenvalue weighted by Gasteiger charge is 2.22. The van der Waals surface area contributed by atoms with Gasteiger partial charge in [-0.3, -0.25) is 19.7 Å². The number of benzene rings is 1. The summed E-state index contributed by atoms with van der Waals surface area (Å²) in [6, 6.07) is 9.88. The van der Waals surface area contributed by atoms with Crippen molar-refractivity contribution < 1.29 is 19.6 Å². The number of nitrogens with two attached hydrogens (primary N) is 1. The highest BCUT2D eigenvalue weighted by atomic mass is 16.6. The lowest BCUT2D eigenvalue weighted by Gasteiger charge is -2.15. The van der Waals surface area contributed by atoms with Gasteiger partial charge < -0.3 is 26.8 Å². The van der Waals surface area contributed by atoms with Crippen LogP contribution >= 0.6 is 0 Å². The smallest absolute Gasteiger partial charge is 0.287 e. The Morgan fingerprint density at radius 2 is 1.83 bits per heavy atom. The van der Waals surface area contributed by atoms with Crippen molar-refractivity contribution in [1.82, 2.24) is 20.3 Å². The molecule has 0 radical (unpaired) electrons. The lowest BCUT2D eigenvalue weighted by atomic mass is 10.0. The Balaban J connectivity index is 1.75. The number of nitrogens with zero attached hydrogens (tertiary/aromatic N) is 5. The van der Waals surface area contributed by atoms with Gasteiger partial charge in [0.15, 0.2) is 0 Å². The third kappa shape index (κ3) is 6.46. The van der Waals surface area contributed by atoms with Gasteiger partial charge in [-0.1, -0.05) is 12.1 Å². The molecule has 3 aromatic rings. The Bertz CT molecular complexity index is 1290. The SMILES string of the molecule is N#Cc1ccc(-c2nc(NCCNc3ccc([N+](=O)[O-])cn3)ncc2C(=O)NC(CO)C(N)=O)cc1. The molecule has 1 aromatic carbocycles. The second-order valence-corrected chi connectivity index (χ2v) is 7.27. The van der Waals surface area contributed by atoms with Crippen molar-refractivity contribution in [3.8, 4) is 17.3 Å². The molecule has 36 heavy (non-hydrogen) atoms. The van der Waals surface area contributed by atoms with Gasteiger partial charge in [-0.25, -0.2) is 15.0 Å². The van der Waals surface area contributed by atoms with Crippen molar-refractivity contribution in [1.29, 1.82) is 5.26 Å². The van der Waals surface area contributed by atoms with Crippen LogP contribution in [-0.4, -0.2) is 62.5 Å². The van der Waals surface area contributed by atoms with E-state index in [-0.39, 0.29) is 22.9 Å². The van der Waals surface area contributed by atoms with Crippen molar-refractivity contribution in [2.75, 3.05) is 30.3 Å². The van der Waals surface area contributed by atoms with Crippen LogP contribution in [0.25, 0.3) is 11.3 Å². The summed E-state index contributed by atoms with van der Waals surface area (Å²) < 4.78 is 0. The normalized spacial score (nSPS) is 11.1. The van der Waals surface area contributed by atoms with E-state index in [1.54, 1.807) is 24.3 Å². The van der Waals surface area contributed by atoms with Crippen LogP contribution in [0.5, 0.6) is 0 Å². The second kappa shape index (κ2) is 11.8. The minimum absolute atomic E-state index is 0.0261. The molecule has 184 valence electrons. The summed E-state index contributed by atoms with van der Waals surface area (Å²) >= 11 is 0. The maximum atomic E-state index is 12.8. The maximum Gasteiger partial charge on any atom is 0.287 e. The molecule has 0 aliphatic heterocycles. The standard InChI is InChI=1S/C22H21N9O5/c23-9-13-1-3-14(4-2-13)19-16(21(34)29-17(12-32)20(24)33)11-28-22(30-19)26-8-7-25-18-6-5-15(10-27-18)31(35)36/h1-6,10-11,17,32H,7-8,12H2,(H2,24,33)(H,25,27)(H,29,34)(H,26,28,30). The number of carbonyl (C=O) groups excluding carboxylic acids is 2. The zero-order valence-electron chi connectivity index (χ0n) is 18.7. The molecule has 2 heterocycles. The molecule has 0 fully saturated rings. The molecule has 3 rings (SSSR count). The number of amides is 2. The summed E-state index contributed by atoms with van der Waals surface area (Å²) in [6.07, 6.45) is 2.41. The highest BCUT2D eigenvalue weighted by Crippen LogP contribution is 2.23. The molecule has 1 unspecified atom stereocenters. The first-order valence-corrected chi connectivity index (χ1v) is 10.5. The Morgan fingerprint density at radius 1 is 1.11 bits per heavy atom. The molecule has 1 atom stereocenters. The van der Waals surface area contributed by atoms with E-state index >= 15 is 0 Å². The predicted molar refractivity (Wildman–Crippen MR) is 128 cm³/mol. The number of anilines is 2. The third-order valence-electron chi connectivity index (χ3n) is 4.83. The van der Waals surface area contributed by atoms with Gasteiger partial charge in [0.2, 0.25) is 11.9 Å². The van der Waals surface area contributed by atoms with Gasteiger partial charge in [-0.2, -0.15) is 5.26 Å². The summed E-state index contributed by atoms with van der Waals surface area (Å²) in [6.45, 7) is 0.0368. The zero-order chi connectivity index (χ0) is 26.1. The minimum atomic E-state index is -1.29.